The zero-order valence-corrected chi connectivity index (χ0v) is 28.4. The van der Waals surface area contributed by atoms with Crippen molar-refractivity contribution in [2.24, 2.45) is 16.8 Å². The van der Waals surface area contributed by atoms with Gasteiger partial charge in [-0.15, -0.1) is 0 Å². The SMILES string of the molecule is C1=CCC(C2=C(C3C=CC=CC3)C(c3ccccc3)=NC(C3=CC(c4cccc5ccccc45)CC(C4=Cc5ccccc5CC4)=C3)N2)C=C1. The van der Waals surface area contributed by atoms with Gasteiger partial charge in [-0.25, -0.2) is 0 Å². The molecule has 4 unspecified atom stereocenters. The van der Waals surface area contributed by atoms with Crippen LogP contribution in [0.2, 0.25) is 0 Å². The molecule has 5 aliphatic rings. The van der Waals surface area contributed by atoms with Crippen LogP contribution >= 0.6 is 0 Å². The topological polar surface area (TPSA) is 24.4 Å². The smallest absolute Gasteiger partial charge is 0.144 e. The van der Waals surface area contributed by atoms with Gasteiger partial charge in [0.2, 0.25) is 0 Å². The Labute approximate surface area is 296 Å². The number of rotatable bonds is 6. The van der Waals surface area contributed by atoms with Crippen LogP contribution in [0.5, 0.6) is 0 Å². The lowest BCUT2D eigenvalue weighted by Gasteiger charge is -2.37. The molecule has 0 saturated heterocycles. The summed E-state index contributed by atoms with van der Waals surface area (Å²) < 4.78 is 0. The van der Waals surface area contributed by atoms with Crippen molar-refractivity contribution in [3.8, 4) is 0 Å². The molecule has 4 aromatic carbocycles. The molecule has 4 aromatic rings. The molecule has 0 bridgehead atoms. The van der Waals surface area contributed by atoms with E-state index in [4.69, 9.17) is 4.99 Å². The number of aryl methyl sites for hydroxylation is 1. The van der Waals surface area contributed by atoms with E-state index in [2.05, 4.69) is 169 Å². The highest BCUT2D eigenvalue weighted by molar-refractivity contribution is 6.14. The quantitative estimate of drug-likeness (QED) is 0.221. The second kappa shape index (κ2) is 13.4. The largest absolute Gasteiger partial charge is 0.363 e. The van der Waals surface area contributed by atoms with Gasteiger partial charge in [0, 0.05) is 34.6 Å². The van der Waals surface area contributed by atoms with Crippen LogP contribution in [0.4, 0.5) is 0 Å². The number of nitrogens with one attached hydrogen (secondary N) is 1. The van der Waals surface area contributed by atoms with Gasteiger partial charge in [-0.3, -0.25) is 4.99 Å². The summed E-state index contributed by atoms with van der Waals surface area (Å²) in [6, 6.07) is 35.4. The van der Waals surface area contributed by atoms with Gasteiger partial charge in [-0.05, 0) is 76.3 Å². The number of hydrogen-bond donors (Lipinski definition) is 1. The van der Waals surface area contributed by atoms with E-state index in [1.54, 1.807) is 0 Å². The average molecular weight is 647 g/mol. The molecule has 0 amide bonds. The molecule has 2 nitrogen and oxygen atoms in total. The maximum atomic E-state index is 5.70. The van der Waals surface area contributed by atoms with Gasteiger partial charge in [0.15, 0.2) is 0 Å². The van der Waals surface area contributed by atoms with Crippen LogP contribution in [-0.2, 0) is 6.42 Å². The lowest BCUT2D eigenvalue weighted by atomic mass is 9.77. The Morgan fingerprint density at radius 2 is 1.38 bits per heavy atom. The van der Waals surface area contributed by atoms with E-state index in [1.807, 2.05) is 0 Å². The van der Waals surface area contributed by atoms with Gasteiger partial charge in [0.25, 0.3) is 0 Å². The van der Waals surface area contributed by atoms with E-state index < -0.39 is 0 Å². The van der Waals surface area contributed by atoms with Crippen molar-refractivity contribution in [2.45, 2.75) is 44.2 Å². The molecule has 4 aliphatic carbocycles. The van der Waals surface area contributed by atoms with Crippen molar-refractivity contribution in [3.63, 3.8) is 0 Å². The van der Waals surface area contributed by atoms with Crippen LogP contribution in [0.1, 0.15) is 53.9 Å². The van der Waals surface area contributed by atoms with Crippen molar-refractivity contribution in [2.75, 3.05) is 0 Å². The molecule has 50 heavy (non-hydrogen) atoms. The van der Waals surface area contributed by atoms with Gasteiger partial charge < -0.3 is 5.32 Å². The summed E-state index contributed by atoms with van der Waals surface area (Å²) in [4.78, 5) is 5.70. The Morgan fingerprint density at radius 1 is 0.620 bits per heavy atom. The zero-order chi connectivity index (χ0) is 33.3. The van der Waals surface area contributed by atoms with Crippen LogP contribution in [0.3, 0.4) is 0 Å². The van der Waals surface area contributed by atoms with Crippen LogP contribution < -0.4 is 5.32 Å². The zero-order valence-electron chi connectivity index (χ0n) is 28.4. The third-order valence-electron chi connectivity index (χ3n) is 11.0. The number of hydrogen-bond acceptors (Lipinski definition) is 2. The summed E-state index contributed by atoms with van der Waals surface area (Å²) in [7, 11) is 0. The molecule has 1 aliphatic heterocycles. The molecule has 0 saturated carbocycles. The Bertz CT molecular complexity index is 2230. The fourth-order valence-electron chi connectivity index (χ4n) is 8.53. The van der Waals surface area contributed by atoms with Crippen molar-refractivity contribution >= 4 is 22.6 Å². The summed E-state index contributed by atoms with van der Waals surface area (Å²) in [6.45, 7) is 0. The first-order chi connectivity index (χ1) is 24.8. The fraction of sp³-hybridized carbons (Fsp3) is 0.188. The summed E-state index contributed by atoms with van der Waals surface area (Å²) in [5, 5.41) is 6.74. The van der Waals surface area contributed by atoms with Crippen molar-refractivity contribution in [1.82, 2.24) is 5.32 Å². The third kappa shape index (κ3) is 5.90. The first-order valence-corrected chi connectivity index (χ1v) is 18.3. The Morgan fingerprint density at radius 3 is 2.22 bits per heavy atom. The van der Waals surface area contributed by atoms with E-state index >= 15 is 0 Å². The Hall–Kier alpha value is -5.47. The third-order valence-corrected chi connectivity index (χ3v) is 11.0. The van der Waals surface area contributed by atoms with Crippen LogP contribution in [-0.4, -0.2) is 11.9 Å². The van der Waals surface area contributed by atoms with Gasteiger partial charge in [-0.2, -0.15) is 0 Å². The fourth-order valence-corrected chi connectivity index (χ4v) is 8.53. The Balaban J connectivity index is 1.21. The van der Waals surface area contributed by atoms with Crippen LogP contribution in [0.15, 0.2) is 191 Å². The lowest BCUT2D eigenvalue weighted by Crippen LogP contribution is -2.40. The van der Waals surface area contributed by atoms with Gasteiger partial charge in [0.1, 0.15) is 6.17 Å². The van der Waals surface area contributed by atoms with E-state index in [-0.39, 0.29) is 23.9 Å². The maximum absolute atomic E-state index is 5.70. The number of allylic oxidation sites excluding steroid dienone is 12. The molecule has 1 heterocycles. The van der Waals surface area contributed by atoms with E-state index in [0.717, 1.165) is 37.8 Å². The maximum Gasteiger partial charge on any atom is 0.144 e. The summed E-state index contributed by atoms with van der Waals surface area (Å²) in [5.41, 5.74) is 13.3. The number of aliphatic imine (C=N–C) groups is 1. The molecular weight excluding hydrogens is 605 g/mol. The monoisotopic (exact) mass is 646 g/mol. The van der Waals surface area contributed by atoms with E-state index in [0.29, 0.717) is 0 Å². The molecule has 2 heteroatoms. The van der Waals surface area contributed by atoms with Crippen molar-refractivity contribution in [1.29, 1.82) is 0 Å². The summed E-state index contributed by atoms with van der Waals surface area (Å²) in [6.07, 6.45) is 30.4. The highest BCUT2D eigenvalue weighted by Crippen LogP contribution is 2.43. The summed E-state index contributed by atoms with van der Waals surface area (Å²) >= 11 is 0. The van der Waals surface area contributed by atoms with Crippen LogP contribution in [0.25, 0.3) is 16.8 Å². The standard InChI is InChI=1S/C48H42N2/c1-4-17-35(18-5-1)45-46(36-19-6-2-7-20-36)49-48(50-47(45)37-21-8-3-9-22-37)42-31-40(39-28-27-33-15-10-11-23-38(33)29-39)30-41(32-42)44-26-14-24-34-16-12-13-25-43(34)44/h1-17,19-21,23-26,29,31-32,35,37,41,48,50H,18,22,27-28,30H2. The lowest BCUT2D eigenvalue weighted by molar-refractivity contribution is 0.563. The van der Waals surface area contributed by atoms with E-state index in [9.17, 15) is 0 Å². The highest BCUT2D eigenvalue weighted by atomic mass is 15.1. The molecule has 0 aromatic heterocycles. The molecule has 0 fully saturated rings. The number of benzene rings is 4. The second-order valence-electron chi connectivity index (χ2n) is 14.1. The molecular formula is C48H42N2. The minimum Gasteiger partial charge on any atom is -0.363 e. The van der Waals surface area contributed by atoms with Gasteiger partial charge in [0.05, 0.1) is 5.71 Å². The molecule has 244 valence electrons. The van der Waals surface area contributed by atoms with Gasteiger partial charge in [-0.1, -0.05) is 164 Å². The molecule has 9 rings (SSSR count). The van der Waals surface area contributed by atoms with Gasteiger partial charge >= 0.3 is 0 Å². The molecule has 4 atom stereocenters. The summed E-state index contributed by atoms with van der Waals surface area (Å²) in [5.74, 6) is 0.776. The van der Waals surface area contributed by atoms with Crippen molar-refractivity contribution < 1.29 is 0 Å². The molecule has 0 radical (unpaired) electrons. The number of fused-ring (bicyclic) bond motifs is 2. The average Bonchev–Trinajstić information content (AvgIpc) is 3.20. The first kappa shape index (κ1) is 30.6. The van der Waals surface area contributed by atoms with Crippen molar-refractivity contribution in [3.05, 3.63) is 208 Å². The Kier molecular flexibility index (Phi) is 8.22. The van der Waals surface area contributed by atoms with E-state index in [1.165, 1.54) is 61.0 Å². The second-order valence-corrected chi connectivity index (χ2v) is 14.1. The predicted molar refractivity (Wildman–Crippen MR) is 210 cm³/mol. The highest BCUT2D eigenvalue weighted by Gasteiger charge is 2.34. The molecule has 0 spiro atoms. The minimum atomic E-state index is -0.198. The first-order valence-electron chi connectivity index (χ1n) is 18.3. The minimum absolute atomic E-state index is 0.198. The molecule has 1 N–H and O–H groups in total. The normalized spacial score (nSPS) is 24.2. The number of nitrogens with zero attached hydrogens (tertiary/aromatic N) is 1. The van der Waals surface area contributed by atoms with Crippen LogP contribution in [0, 0.1) is 11.8 Å². The predicted octanol–water partition coefficient (Wildman–Crippen LogP) is 11.1.